The fraction of sp³-hybridized carbons (Fsp3) is 0.143. The van der Waals surface area contributed by atoms with E-state index in [0.29, 0.717) is 0 Å². The molecule has 0 radical (unpaired) electrons. The first-order valence-electron chi connectivity index (χ1n) is 3.45. The van der Waals surface area contributed by atoms with E-state index < -0.39 is 32.9 Å². The Morgan fingerprint density at radius 1 is 1.21 bits per heavy atom. The third-order valence-corrected chi connectivity index (χ3v) is 2.12. The first-order chi connectivity index (χ1) is 6.37. The van der Waals surface area contributed by atoms with Crippen LogP contribution in [0.15, 0.2) is 0 Å². The Hall–Kier alpha value is -1.69. The Bertz CT molecular complexity index is 388. The van der Waals surface area contributed by atoms with Gasteiger partial charge in [0.15, 0.2) is 10.8 Å². The van der Waals surface area contributed by atoms with Crippen LogP contribution >= 0.6 is 11.6 Å². The van der Waals surface area contributed by atoms with Crippen molar-refractivity contribution in [3.63, 3.8) is 0 Å². The van der Waals surface area contributed by atoms with Crippen LogP contribution in [0.5, 0.6) is 17.2 Å². The maximum atomic E-state index is 10.4. The third-order valence-electron chi connectivity index (χ3n) is 1.76. The van der Waals surface area contributed by atoms with Crippen LogP contribution < -0.4 is 0 Å². The fourth-order valence-electron chi connectivity index (χ4n) is 0.949. The number of hydrogen-bond donors (Lipinski definition) is 3. The van der Waals surface area contributed by atoms with Gasteiger partial charge in [0.25, 0.3) is 0 Å². The number of nitro groups is 1. The van der Waals surface area contributed by atoms with Gasteiger partial charge in [0.1, 0.15) is 5.75 Å². The summed E-state index contributed by atoms with van der Waals surface area (Å²) in [5, 5.41) is 37.4. The summed E-state index contributed by atoms with van der Waals surface area (Å²) in [6, 6.07) is 0. The number of hydrogen-bond acceptors (Lipinski definition) is 5. The van der Waals surface area contributed by atoms with E-state index >= 15 is 0 Å². The van der Waals surface area contributed by atoms with E-state index in [1.165, 1.54) is 6.92 Å². The van der Waals surface area contributed by atoms with Crippen LogP contribution in [0.3, 0.4) is 0 Å². The molecular weight excluding hydrogens is 214 g/mol. The van der Waals surface area contributed by atoms with Crippen molar-refractivity contribution in [2.75, 3.05) is 0 Å². The average Bonchev–Trinajstić information content (AvgIpc) is 2.11. The van der Waals surface area contributed by atoms with Crippen molar-refractivity contribution < 1.29 is 20.2 Å². The first-order valence-corrected chi connectivity index (χ1v) is 3.83. The van der Waals surface area contributed by atoms with Gasteiger partial charge in [-0.05, 0) is 6.92 Å². The van der Waals surface area contributed by atoms with E-state index in [-0.39, 0.29) is 5.56 Å². The highest BCUT2D eigenvalue weighted by atomic mass is 35.5. The largest absolute Gasteiger partial charge is 0.506 e. The zero-order valence-corrected chi connectivity index (χ0v) is 7.74. The standard InChI is InChI=1S/C7H6ClNO5/c1-2-5(10)3(8)4(9(13)14)7(12)6(2)11/h10-12H,1H3. The molecule has 0 unspecified atom stereocenters. The second-order valence-corrected chi connectivity index (χ2v) is 2.97. The highest BCUT2D eigenvalue weighted by Gasteiger charge is 2.28. The number of phenols is 3. The van der Waals surface area contributed by atoms with Gasteiger partial charge in [-0.15, -0.1) is 0 Å². The number of halogens is 1. The summed E-state index contributed by atoms with van der Waals surface area (Å²) in [6.07, 6.45) is 0. The van der Waals surface area contributed by atoms with Gasteiger partial charge in [0.05, 0.1) is 4.92 Å². The topological polar surface area (TPSA) is 104 Å². The Kier molecular flexibility index (Phi) is 2.39. The lowest BCUT2D eigenvalue weighted by Crippen LogP contribution is -1.92. The van der Waals surface area contributed by atoms with Gasteiger partial charge in [0.2, 0.25) is 5.75 Å². The summed E-state index contributed by atoms with van der Waals surface area (Å²) >= 11 is 5.41. The molecule has 76 valence electrons. The molecule has 1 aromatic rings. The molecule has 0 aromatic heterocycles. The minimum Gasteiger partial charge on any atom is -0.506 e. The molecule has 0 bridgehead atoms. The highest BCUT2D eigenvalue weighted by molar-refractivity contribution is 6.34. The van der Waals surface area contributed by atoms with Crippen LogP contribution in [0.25, 0.3) is 0 Å². The zero-order chi connectivity index (χ0) is 11.0. The molecule has 0 atom stereocenters. The molecule has 1 rings (SSSR count). The zero-order valence-electron chi connectivity index (χ0n) is 6.98. The number of nitro benzene ring substituents is 1. The summed E-state index contributed by atoms with van der Waals surface area (Å²) < 4.78 is 0. The summed E-state index contributed by atoms with van der Waals surface area (Å²) in [5.74, 6) is -2.32. The van der Waals surface area contributed by atoms with Crippen LogP contribution in [-0.4, -0.2) is 20.2 Å². The quantitative estimate of drug-likeness (QED) is 0.288. The molecule has 0 heterocycles. The maximum absolute atomic E-state index is 10.4. The minimum atomic E-state index is -0.990. The second kappa shape index (κ2) is 3.22. The number of rotatable bonds is 1. The van der Waals surface area contributed by atoms with E-state index in [4.69, 9.17) is 21.8 Å². The summed E-state index contributed by atoms with van der Waals surface area (Å²) in [7, 11) is 0. The third kappa shape index (κ3) is 1.29. The van der Waals surface area contributed by atoms with Gasteiger partial charge in [0, 0.05) is 5.56 Å². The molecule has 3 N–H and O–H groups in total. The van der Waals surface area contributed by atoms with Crippen LogP contribution in [0.1, 0.15) is 5.56 Å². The normalized spacial score (nSPS) is 10.1. The van der Waals surface area contributed by atoms with Crippen LogP contribution in [-0.2, 0) is 0 Å². The van der Waals surface area contributed by atoms with Crippen LogP contribution in [0.2, 0.25) is 5.02 Å². The van der Waals surface area contributed by atoms with E-state index in [9.17, 15) is 15.2 Å². The van der Waals surface area contributed by atoms with Crippen LogP contribution in [0.4, 0.5) is 5.69 Å². The van der Waals surface area contributed by atoms with Crippen molar-refractivity contribution in [3.8, 4) is 17.2 Å². The molecule has 0 aliphatic heterocycles. The molecule has 1 aromatic carbocycles. The lowest BCUT2D eigenvalue weighted by atomic mass is 10.1. The summed E-state index contributed by atoms with van der Waals surface area (Å²) in [4.78, 5) is 9.41. The van der Waals surface area contributed by atoms with Gasteiger partial charge in [-0.25, -0.2) is 0 Å². The predicted molar refractivity (Wildman–Crippen MR) is 47.8 cm³/mol. The van der Waals surface area contributed by atoms with E-state index in [2.05, 4.69) is 0 Å². The molecule has 0 fully saturated rings. The lowest BCUT2D eigenvalue weighted by molar-refractivity contribution is -0.385. The SMILES string of the molecule is Cc1c(O)c(O)c([N+](=O)[O-])c(Cl)c1O. The molecule has 0 amide bonds. The molecular formula is C7H6ClNO5. The number of aromatic hydroxyl groups is 3. The molecule has 6 nitrogen and oxygen atoms in total. The fourth-order valence-corrected chi connectivity index (χ4v) is 1.25. The van der Waals surface area contributed by atoms with Crippen molar-refractivity contribution in [2.45, 2.75) is 6.92 Å². The minimum absolute atomic E-state index is 0.113. The average molecular weight is 220 g/mol. The van der Waals surface area contributed by atoms with Gasteiger partial charge in [-0.2, -0.15) is 0 Å². The van der Waals surface area contributed by atoms with Gasteiger partial charge >= 0.3 is 5.69 Å². The second-order valence-electron chi connectivity index (χ2n) is 2.59. The van der Waals surface area contributed by atoms with Crippen molar-refractivity contribution in [3.05, 3.63) is 20.7 Å². The Labute approximate surface area is 83.1 Å². The molecule has 14 heavy (non-hydrogen) atoms. The molecule has 0 saturated heterocycles. The van der Waals surface area contributed by atoms with Gasteiger partial charge in [-0.1, -0.05) is 11.6 Å². The first kappa shape index (κ1) is 10.4. The Morgan fingerprint density at radius 2 is 1.71 bits per heavy atom. The lowest BCUT2D eigenvalue weighted by Gasteiger charge is -2.06. The monoisotopic (exact) mass is 219 g/mol. The van der Waals surface area contributed by atoms with E-state index in [1.54, 1.807) is 0 Å². The summed E-state index contributed by atoms with van der Waals surface area (Å²) in [5.41, 5.74) is -1.02. The maximum Gasteiger partial charge on any atom is 0.336 e. The molecule has 0 aliphatic carbocycles. The predicted octanol–water partition coefficient (Wildman–Crippen LogP) is 1.67. The van der Waals surface area contributed by atoms with Crippen molar-refractivity contribution >= 4 is 17.3 Å². The Morgan fingerprint density at radius 3 is 2.14 bits per heavy atom. The van der Waals surface area contributed by atoms with Crippen molar-refractivity contribution in [1.29, 1.82) is 0 Å². The highest BCUT2D eigenvalue weighted by Crippen LogP contribution is 2.48. The number of benzene rings is 1. The van der Waals surface area contributed by atoms with E-state index in [0.717, 1.165) is 0 Å². The van der Waals surface area contributed by atoms with Gasteiger partial charge in [-0.3, -0.25) is 10.1 Å². The summed E-state index contributed by atoms with van der Waals surface area (Å²) in [6.45, 7) is 1.26. The molecule has 0 saturated carbocycles. The van der Waals surface area contributed by atoms with Crippen molar-refractivity contribution in [2.24, 2.45) is 0 Å². The van der Waals surface area contributed by atoms with Crippen molar-refractivity contribution in [1.82, 2.24) is 0 Å². The Balaban J connectivity index is 3.68. The number of nitrogens with zero attached hydrogens (tertiary/aromatic N) is 1. The van der Waals surface area contributed by atoms with Gasteiger partial charge < -0.3 is 15.3 Å². The molecule has 0 aliphatic rings. The van der Waals surface area contributed by atoms with Crippen LogP contribution in [0, 0.1) is 17.0 Å². The molecule has 7 heteroatoms. The molecule has 0 spiro atoms. The smallest absolute Gasteiger partial charge is 0.336 e. The van der Waals surface area contributed by atoms with E-state index in [1.807, 2.05) is 0 Å². The number of phenolic OH excluding ortho intramolecular Hbond substituents is 3.